The van der Waals surface area contributed by atoms with Gasteiger partial charge in [0.25, 0.3) is 0 Å². The number of hydrogen-bond acceptors (Lipinski definition) is 2. The smallest absolute Gasteiger partial charge is 0.125 e. The minimum atomic E-state index is -0.149. The number of ether oxygens (including phenoxy) is 1. The maximum atomic E-state index is 6.40. The van der Waals surface area contributed by atoms with Crippen LogP contribution in [0.1, 0.15) is 29.2 Å². The highest BCUT2D eigenvalue weighted by atomic mass is 79.9. The predicted octanol–water partition coefficient (Wildman–Crippen LogP) is 3.77. The summed E-state index contributed by atoms with van der Waals surface area (Å²) in [5, 5.41) is 0. The van der Waals surface area contributed by atoms with Gasteiger partial charge in [-0.1, -0.05) is 40.2 Å². The number of hydrogen-bond donors (Lipinski definition) is 1. The van der Waals surface area contributed by atoms with Crippen molar-refractivity contribution < 1.29 is 4.74 Å². The van der Waals surface area contributed by atoms with Crippen LogP contribution < -0.4 is 10.5 Å². The molecule has 0 unspecified atom stereocenters. The molecule has 0 saturated heterocycles. The molecule has 1 aliphatic heterocycles. The Morgan fingerprint density at radius 1 is 1.10 bits per heavy atom. The fourth-order valence-electron chi connectivity index (χ4n) is 3.56. The highest BCUT2D eigenvalue weighted by Gasteiger charge is 2.44. The van der Waals surface area contributed by atoms with Gasteiger partial charge in [-0.05, 0) is 29.3 Å². The predicted molar refractivity (Wildman–Crippen MR) is 82.9 cm³/mol. The maximum absolute atomic E-state index is 6.40. The SMILES string of the molecule is N[C@H]1CC2(Cc3ccccc3C2)Oc2ccc(Br)cc21. The van der Waals surface area contributed by atoms with E-state index >= 15 is 0 Å². The second kappa shape index (κ2) is 4.34. The van der Waals surface area contributed by atoms with Crippen molar-refractivity contribution >= 4 is 15.9 Å². The highest BCUT2D eigenvalue weighted by molar-refractivity contribution is 9.10. The number of nitrogens with two attached hydrogens (primary N) is 1. The normalized spacial score (nSPS) is 22.2. The summed E-state index contributed by atoms with van der Waals surface area (Å²) in [5.41, 5.74) is 10.2. The quantitative estimate of drug-likeness (QED) is 0.798. The summed E-state index contributed by atoms with van der Waals surface area (Å²) in [5.74, 6) is 0.944. The molecule has 0 saturated carbocycles. The van der Waals surface area contributed by atoms with Gasteiger partial charge in [0.05, 0.1) is 0 Å². The van der Waals surface area contributed by atoms with Gasteiger partial charge in [-0.3, -0.25) is 0 Å². The second-order valence-corrected chi connectivity index (χ2v) is 6.82. The van der Waals surface area contributed by atoms with E-state index in [1.807, 2.05) is 12.1 Å². The highest BCUT2D eigenvalue weighted by Crippen LogP contribution is 2.45. The van der Waals surface area contributed by atoms with Crippen LogP contribution in [0, 0.1) is 0 Å². The third kappa shape index (κ3) is 1.88. The fourth-order valence-corrected chi connectivity index (χ4v) is 3.94. The van der Waals surface area contributed by atoms with E-state index in [1.54, 1.807) is 0 Å². The van der Waals surface area contributed by atoms with Crippen LogP contribution >= 0.6 is 15.9 Å². The first-order chi connectivity index (χ1) is 9.65. The van der Waals surface area contributed by atoms with Gasteiger partial charge in [0.2, 0.25) is 0 Å². The first-order valence-electron chi connectivity index (χ1n) is 6.96. The van der Waals surface area contributed by atoms with Crippen LogP contribution in [-0.4, -0.2) is 5.60 Å². The monoisotopic (exact) mass is 329 g/mol. The van der Waals surface area contributed by atoms with Gasteiger partial charge >= 0.3 is 0 Å². The average molecular weight is 330 g/mol. The van der Waals surface area contributed by atoms with Crippen molar-refractivity contribution in [3.63, 3.8) is 0 Å². The van der Waals surface area contributed by atoms with Crippen molar-refractivity contribution in [3.8, 4) is 5.75 Å². The molecule has 20 heavy (non-hydrogen) atoms. The minimum absolute atomic E-state index is 0.0468. The first-order valence-corrected chi connectivity index (χ1v) is 7.75. The van der Waals surface area contributed by atoms with Gasteiger partial charge < -0.3 is 10.5 Å². The summed E-state index contributed by atoms with van der Waals surface area (Å²) >= 11 is 3.51. The molecule has 4 rings (SSSR count). The molecule has 3 heteroatoms. The lowest BCUT2D eigenvalue weighted by Gasteiger charge is -2.38. The van der Waals surface area contributed by atoms with Crippen molar-refractivity contribution in [2.24, 2.45) is 5.73 Å². The number of benzene rings is 2. The molecule has 102 valence electrons. The van der Waals surface area contributed by atoms with Crippen LogP contribution in [0.25, 0.3) is 0 Å². The Balaban J connectivity index is 1.73. The molecule has 1 spiro atoms. The Morgan fingerprint density at radius 2 is 1.80 bits per heavy atom. The Labute approximate surface area is 127 Å². The van der Waals surface area contributed by atoms with Crippen molar-refractivity contribution in [1.82, 2.24) is 0 Å². The van der Waals surface area contributed by atoms with E-state index in [4.69, 9.17) is 10.5 Å². The molecule has 1 atom stereocenters. The van der Waals surface area contributed by atoms with Crippen LogP contribution in [0.2, 0.25) is 0 Å². The molecular formula is C17H16BrNO. The molecule has 2 aromatic carbocycles. The number of rotatable bonds is 0. The number of halogens is 1. The van der Waals surface area contributed by atoms with E-state index in [0.29, 0.717) is 0 Å². The van der Waals surface area contributed by atoms with E-state index < -0.39 is 0 Å². The van der Waals surface area contributed by atoms with Crippen LogP contribution in [0.15, 0.2) is 46.9 Å². The number of fused-ring (bicyclic) bond motifs is 2. The third-order valence-electron chi connectivity index (χ3n) is 4.43. The van der Waals surface area contributed by atoms with Crippen molar-refractivity contribution in [3.05, 3.63) is 63.6 Å². The maximum Gasteiger partial charge on any atom is 0.125 e. The Kier molecular flexibility index (Phi) is 2.69. The summed E-state index contributed by atoms with van der Waals surface area (Å²) < 4.78 is 7.44. The zero-order valence-electron chi connectivity index (χ0n) is 11.1. The summed E-state index contributed by atoms with van der Waals surface area (Å²) in [4.78, 5) is 0. The van der Waals surface area contributed by atoms with E-state index in [2.05, 4.69) is 46.3 Å². The van der Waals surface area contributed by atoms with E-state index in [9.17, 15) is 0 Å². The van der Waals surface area contributed by atoms with Crippen LogP contribution in [0.4, 0.5) is 0 Å². The van der Waals surface area contributed by atoms with Gasteiger partial charge in [0.15, 0.2) is 0 Å². The van der Waals surface area contributed by atoms with Gasteiger partial charge in [-0.2, -0.15) is 0 Å². The Hall–Kier alpha value is -1.32. The molecule has 0 fully saturated rings. The molecule has 0 amide bonds. The molecule has 2 aromatic rings. The standard InChI is InChI=1S/C17H16BrNO/c18-13-5-6-16-14(7-13)15(19)10-17(20-16)8-11-3-1-2-4-12(11)9-17/h1-7,15H,8-10,19H2/t15-/m0/s1. The minimum Gasteiger partial charge on any atom is -0.486 e. The van der Waals surface area contributed by atoms with E-state index in [-0.39, 0.29) is 11.6 Å². The molecule has 2 nitrogen and oxygen atoms in total. The summed E-state index contributed by atoms with van der Waals surface area (Å²) in [6, 6.07) is 14.8. The summed E-state index contributed by atoms with van der Waals surface area (Å²) in [6.07, 6.45) is 2.81. The molecule has 2 N–H and O–H groups in total. The van der Waals surface area contributed by atoms with Crippen molar-refractivity contribution in [1.29, 1.82) is 0 Å². The van der Waals surface area contributed by atoms with Crippen molar-refractivity contribution in [2.75, 3.05) is 0 Å². The lowest BCUT2D eigenvalue weighted by atomic mass is 9.85. The van der Waals surface area contributed by atoms with Gasteiger partial charge in [-0.15, -0.1) is 0 Å². The molecule has 0 aromatic heterocycles. The second-order valence-electron chi connectivity index (χ2n) is 5.90. The van der Waals surface area contributed by atoms with Crippen LogP contribution in [-0.2, 0) is 12.8 Å². The van der Waals surface area contributed by atoms with E-state index in [0.717, 1.165) is 35.0 Å². The summed E-state index contributed by atoms with van der Waals surface area (Å²) in [7, 11) is 0. The van der Waals surface area contributed by atoms with Gasteiger partial charge in [-0.25, -0.2) is 0 Å². The van der Waals surface area contributed by atoms with Gasteiger partial charge in [0, 0.05) is 35.3 Å². The molecule has 0 bridgehead atoms. The molecule has 2 aliphatic rings. The van der Waals surface area contributed by atoms with Crippen LogP contribution in [0.3, 0.4) is 0 Å². The molecule has 1 aliphatic carbocycles. The fraction of sp³-hybridized carbons (Fsp3) is 0.294. The average Bonchev–Trinajstić information content (AvgIpc) is 2.77. The van der Waals surface area contributed by atoms with Gasteiger partial charge in [0.1, 0.15) is 11.4 Å². The summed E-state index contributed by atoms with van der Waals surface area (Å²) in [6.45, 7) is 0. The third-order valence-corrected chi connectivity index (χ3v) is 4.93. The Bertz CT molecular complexity index is 657. The molecular weight excluding hydrogens is 314 g/mol. The lowest BCUT2D eigenvalue weighted by molar-refractivity contribution is 0.0459. The first kappa shape index (κ1) is 12.4. The topological polar surface area (TPSA) is 35.2 Å². The zero-order chi connectivity index (χ0) is 13.7. The van der Waals surface area contributed by atoms with Crippen molar-refractivity contribution in [2.45, 2.75) is 30.9 Å². The Morgan fingerprint density at radius 3 is 2.50 bits per heavy atom. The molecule has 1 heterocycles. The molecule has 0 radical (unpaired) electrons. The van der Waals surface area contributed by atoms with E-state index in [1.165, 1.54) is 11.1 Å². The lowest BCUT2D eigenvalue weighted by Crippen LogP contribution is -2.43. The largest absolute Gasteiger partial charge is 0.486 e. The van der Waals surface area contributed by atoms with Crippen LogP contribution in [0.5, 0.6) is 5.75 Å². The zero-order valence-corrected chi connectivity index (χ0v) is 12.7.